The summed E-state index contributed by atoms with van der Waals surface area (Å²) in [6.45, 7) is 5.36. The molecule has 0 amide bonds. The summed E-state index contributed by atoms with van der Waals surface area (Å²) in [6.07, 6.45) is 7.69. The summed E-state index contributed by atoms with van der Waals surface area (Å²) in [4.78, 5) is 14.3. The van der Waals surface area contributed by atoms with Gasteiger partial charge in [-0.25, -0.2) is 9.97 Å². The highest BCUT2D eigenvalue weighted by atomic mass is 35.5. The Morgan fingerprint density at radius 3 is 2.79 bits per heavy atom. The highest BCUT2D eigenvalue weighted by molar-refractivity contribution is 7.15. The summed E-state index contributed by atoms with van der Waals surface area (Å²) in [5.41, 5.74) is 0.178. The van der Waals surface area contributed by atoms with E-state index in [1.165, 1.54) is 5.01 Å². The molecule has 0 spiro atoms. The molecule has 2 aromatic heterocycles. The van der Waals surface area contributed by atoms with E-state index in [2.05, 4.69) is 26.8 Å². The molecule has 0 aliphatic carbocycles. The van der Waals surface area contributed by atoms with Crippen LogP contribution in [0, 0.1) is 0 Å². The van der Waals surface area contributed by atoms with Gasteiger partial charge in [-0.1, -0.05) is 18.5 Å². The second kappa shape index (κ2) is 5.23. The van der Waals surface area contributed by atoms with Crippen molar-refractivity contribution in [2.45, 2.75) is 31.7 Å². The number of piperidine rings is 1. The van der Waals surface area contributed by atoms with Crippen LogP contribution >= 0.6 is 22.9 Å². The first-order chi connectivity index (χ1) is 9.16. The largest absolute Gasteiger partial charge is 0.348 e. The highest BCUT2D eigenvalue weighted by Crippen LogP contribution is 2.38. The Hall–Kier alpha value is -0.910. The number of aromatic amines is 1. The highest BCUT2D eigenvalue weighted by Gasteiger charge is 2.34. The van der Waals surface area contributed by atoms with E-state index < -0.39 is 0 Å². The molecule has 1 fully saturated rings. The van der Waals surface area contributed by atoms with Crippen LogP contribution in [-0.4, -0.2) is 32.9 Å². The summed E-state index contributed by atoms with van der Waals surface area (Å²) < 4.78 is 0.786. The fourth-order valence-corrected chi connectivity index (χ4v) is 3.66. The molecule has 0 aromatic carbocycles. The van der Waals surface area contributed by atoms with Crippen LogP contribution in [0.5, 0.6) is 0 Å². The van der Waals surface area contributed by atoms with Crippen molar-refractivity contribution in [2.75, 3.05) is 13.1 Å². The van der Waals surface area contributed by atoms with E-state index in [9.17, 15) is 0 Å². The van der Waals surface area contributed by atoms with Crippen LogP contribution in [0.3, 0.4) is 0 Å². The van der Waals surface area contributed by atoms with Gasteiger partial charge in [0.2, 0.25) is 0 Å². The monoisotopic (exact) mass is 296 g/mol. The number of nitrogens with zero attached hydrogens (tertiary/aromatic N) is 3. The minimum absolute atomic E-state index is 0.178. The van der Waals surface area contributed by atoms with Crippen molar-refractivity contribution in [1.29, 1.82) is 0 Å². The molecular formula is C13H17ClN4S. The molecule has 1 aliphatic heterocycles. The van der Waals surface area contributed by atoms with E-state index >= 15 is 0 Å². The quantitative estimate of drug-likeness (QED) is 0.947. The minimum atomic E-state index is 0.178. The minimum Gasteiger partial charge on any atom is -0.348 e. The molecule has 4 nitrogen and oxygen atoms in total. The number of thiazole rings is 1. The number of hydrogen-bond donors (Lipinski definition) is 1. The van der Waals surface area contributed by atoms with E-state index in [-0.39, 0.29) is 5.41 Å². The molecule has 1 saturated heterocycles. The van der Waals surface area contributed by atoms with Crippen LogP contribution in [0.2, 0.25) is 4.34 Å². The topological polar surface area (TPSA) is 44.8 Å². The standard InChI is InChI=1S/C13H17ClN4S/c1-13(12-17-8-10(14)19-12)2-6-18(7-3-13)9-11-15-4-5-16-11/h4-5,8H,2-3,6-7,9H2,1H3,(H,15,16). The first kappa shape index (κ1) is 13.1. The van der Waals surface area contributed by atoms with Crippen molar-refractivity contribution in [3.05, 3.63) is 33.8 Å². The molecule has 2 aromatic rings. The van der Waals surface area contributed by atoms with Gasteiger partial charge in [0, 0.05) is 17.8 Å². The number of H-pyrrole nitrogens is 1. The summed E-state index contributed by atoms with van der Waals surface area (Å²) in [7, 11) is 0. The predicted molar refractivity (Wildman–Crippen MR) is 77.6 cm³/mol. The molecule has 0 radical (unpaired) electrons. The van der Waals surface area contributed by atoms with Crippen LogP contribution < -0.4 is 0 Å². The van der Waals surface area contributed by atoms with Gasteiger partial charge in [0.1, 0.15) is 10.2 Å². The Kier molecular flexibility index (Phi) is 3.60. The maximum Gasteiger partial charge on any atom is 0.120 e. The number of likely N-dealkylation sites (tertiary alicyclic amines) is 1. The van der Waals surface area contributed by atoms with Crippen molar-refractivity contribution >= 4 is 22.9 Å². The fourth-order valence-electron chi connectivity index (χ4n) is 2.55. The van der Waals surface area contributed by atoms with Gasteiger partial charge < -0.3 is 4.98 Å². The third kappa shape index (κ3) is 2.83. The zero-order valence-electron chi connectivity index (χ0n) is 10.9. The molecule has 1 N–H and O–H groups in total. The third-order valence-corrected chi connectivity index (χ3v) is 5.30. The van der Waals surface area contributed by atoms with Crippen LogP contribution in [0.4, 0.5) is 0 Å². The van der Waals surface area contributed by atoms with Gasteiger partial charge in [-0.3, -0.25) is 4.90 Å². The molecule has 3 heterocycles. The fraction of sp³-hybridized carbons (Fsp3) is 0.538. The molecule has 0 unspecified atom stereocenters. The van der Waals surface area contributed by atoms with Crippen LogP contribution in [0.1, 0.15) is 30.6 Å². The first-order valence-electron chi connectivity index (χ1n) is 6.48. The lowest BCUT2D eigenvalue weighted by Crippen LogP contribution is -2.40. The van der Waals surface area contributed by atoms with Gasteiger partial charge in [0.25, 0.3) is 0 Å². The van der Waals surface area contributed by atoms with E-state index in [0.717, 1.165) is 42.6 Å². The van der Waals surface area contributed by atoms with Gasteiger partial charge in [-0.05, 0) is 25.9 Å². The van der Waals surface area contributed by atoms with Crippen LogP contribution in [0.25, 0.3) is 0 Å². The van der Waals surface area contributed by atoms with E-state index in [1.54, 1.807) is 23.7 Å². The Morgan fingerprint density at radius 1 is 1.42 bits per heavy atom. The number of aromatic nitrogens is 3. The van der Waals surface area contributed by atoms with E-state index in [0.29, 0.717) is 0 Å². The van der Waals surface area contributed by atoms with Crippen molar-refractivity contribution in [2.24, 2.45) is 0 Å². The second-order valence-electron chi connectivity index (χ2n) is 5.34. The van der Waals surface area contributed by atoms with Gasteiger partial charge in [-0.2, -0.15) is 0 Å². The van der Waals surface area contributed by atoms with E-state index in [4.69, 9.17) is 11.6 Å². The number of rotatable bonds is 3. The Bertz CT molecular complexity index is 529. The van der Waals surface area contributed by atoms with Gasteiger partial charge in [0.15, 0.2) is 0 Å². The average molecular weight is 297 g/mol. The van der Waals surface area contributed by atoms with Crippen LogP contribution in [-0.2, 0) is 12.0 Å². The Morgan fingerprint density at radius 2 is 2.21 bits per heavy atom. The number of imidazole rings is 1. The lowest BCUT2D eigenvalue weighted by atomic mass is 9.81. The number of hydrogen-bond acceptors (Lipinski definition) is 4. The predicted octanol–water partition coefficient (Wildman–Crippen LogP) is 3.07. The first-order valence-corrected chi connectivity index (χ1v) is 7.68. The molecule has 6 heteroatoms. The van der Waals surface area contributed by atoms with Crippen molar-refractivity contribution in [1.82, 2.24) is 19.9 Å². The maximum absolute atomic E-state index is 6.00. The number of halogens is 1. The normalized spacial score (nSPS) is 19.7. The summed E-state index contributed by atoms with van der Waals surface area (Å²) in [5, 5.41) is 1.18. The summed E-state index contributed by atoms with van der Waals surface area (Å²) in [6, 6.07) is 0. The molecule has 19 heavy (non-hydrogen) atoms. The third-order valence-electron chi connectivity index (χ3n) is 3.88. The lowest BCUT2D eigenvalue weighted by molar-refractivity contribution is 0.159. The van der Waals surface area contributed by atoms with Gasteiger partial charge >= 0.3 is 0 Å². The zero-order valence-corrected chi connectivity index (χ0v) is 12.5. The molecule has 0 saturated carbocycles. The smallest absolute Gasteiger partial charge is 0.120 e. The second-order valence-corrected chi connectivity index (χ2v) is 7.00. The molecule has 102 valence electrons. The van der Waals surface area contributed by atoms with Crippen molar-refractivity contribution < 1.29 is 0 Å². The number of nitrogens with one attached hydrogen (secondary N) is 1. The average Bonchev–Trinajstić information content (AvgIpc) is 3.04. The SMILES string of the molecule is CC1(c2ncc(Cl)s2)CCN(Cc2ncc[nH]2)CC1. The summed E-state index contributed by atoms with van der Waals surface area (Å²) in [5.74, 6) is 1.04. The molecule has 0 atom stereocenters. The Balaban J connectivity index is 1.62. The van der Waals surface area contributed by atoms with Crippen molar-refractivity contribution in [3.63, 3.8) is 0 Å². The summed E-state index contributed by atoms with van der Waals surface area (Å²) >= 11 is 7.62. The molecule has 1 aliphatic rings. The molecule has 3 rings (SSSR count). The zero-order chi connectivity index (χ0) is 13.3. The Labute approximate surface area is 121 Å². The van der Waals surface area contributed by atoms with Crippen LogP contribution in [0.15, 0.2) is 18.6 Å². The molecule has 0 bridgehead atoms. The van der Waals surface area contributed by atoms with Gasteiger partial charge in [-0.15, -0.1) is 11.3 Å². The molecular weight excluding hydrogens is 280 g/mol. The van der Waals surface area contributed by atoms with Gasteiger partial charge in [0.05, 0.1) is 17.7 Å². The van der Waals surface area contributed by atoms with Crippen molar-refractivity contribution in [3.8, 4) is 0 Å². The maximum atomic E-state index is 6.00. The lowest BCUT2D eigenvalue weighted by Gasteiger charge is -2.37. The van der Waals surface area contributed by atoms with E-state index in [1.807, 2.05) is 6.20 Å².